The van der Waals surface area contributed by atoms with Gasteiger partial charge in [0.05, 0.1) is 0 Å². The van der Waals surface area contributed by atoms with Crippen molar-refractivity contribution in [3.8, 4) is 0 Å². The quantitative estimate of drug-likeness (QED) is 0.724. The molecule has 1 aromatic rings. The highest BCUT2D eigenvalue weighted by molar-refractivity contribution is 6.31. The van der Waals surface area contributed by atoms with E-state index in [1.165, 1.54) is 31.4 Å². The van der Waals surface area contributed by atoms with Crippen LogP contribution in [-0.2, 0) is 6.42 Å². The van der Waals surface area contributed by atoms with Crippen molar-refractivity contribution in [2.24, 2.45) is 5.73 Å². The van der Waals surface area contributed by atoms with Gasteiger partial charge in [-0.3, -0.25) is 0 Å². The standard InChI is InChI=1S/C14H21ClFN/c1-2-3-4-5-6-13(17)9-11-7-8-12(16)10-14(11)15/h7-8,10,13H,2-6,9,17H2,1H3. The lowest BCUT2D eigenvalue weighted by atomic mass is 10.0. The normalized spacial score (nSPS) is 12.7. The fourth-order valence-electron chi connectivity index (χ4n) is 1.91. The zero-order valence-corrected chi connectivity index (χ0v) is 11.1. The summed E-state index contributed by atoms with van der Waals surface area (Å²) in [5.41, 5.74) is 6.98. The minimum Gasteiger partial charge on any atom is -0.327 e. The second-order valence-electron chi connectivity index (χ2n) is 4.55. The van der Waals surface area contributed by atoms with Gasteiger partial charge in [0.1, 0.15) is 5.82 Å². The van der Waals surface area contributed by atoms with Gasteiger partial charge in [0, 0.05) is 11.1 Å². The van der Waals surface area contributed by atoms with Crippen LogP contribution in [-0.4, -0.2) is 6.04 Å². The maximum absolute atomic E-state index is 12.9. The molecule has 0 aromatic heterocycles. The van der Waals surface area contributed by atoms with Crippen molar-refractivity contribution in [2.45, 2.75) is 51.5 Å². The van der Waals surface area contributed by atoms with Gasteiger partial charge in [0.2, 0.25) is 0 Å². The number of hydrogen-bond donors (Lipinski definition) is 1. The zero-order chi connectivity index (χ0) is 12.7. The van der Waals surface area contributed by atoms with E-state index < -0.39 is 0 Å². The Bertz CT molecular complexity index is 341. The van der Waals surface area contributed by atoms with Crippen LogP contribution in [0.5, 0.6) is 0 Å². The number of halogens is 2. The van der Waals surface area contributed by atoms with Crippen molar-refractivity contribution < 1.29 is 4.39 Å². The molecule has 3 heteroatoms. The molecule has 1 unspecified atom stereocenters. The number of rotatable bonds is 7. The first-order valence-electron chi connectivity index (χ1n) is 6.33. The molecule has 0 aliphatic rings. The lowest BCUT2D eigenvalue weighted by Crippen LogP contribution is -2.22. The van der Waals surface area contributed by atoms with E-state index in [0.29, 0.717) is 5.02 Å². The Balaban J connectivity index is 2.37. The lowest BCUT2D eigenvalue weighted by molar-refractivity contribution is 0.545. The molecule has 0 saturated carbocycles. The third-order valence-corrected chi connectivity index (χ3v) is 3.28. The van der Waals surface area contributed by atoms with Crippen LogP contribution in [0.1, 0.15) is 44.6 Å². The van der Waals surface area contributed by atoms with Crippen LogP contribution in [0.3, 0.4) is 0 Å². The van der Waals surface area contributed by atoms with Crippen LogP contribution >= 0.6 is 11.6 Å². The first-order valence-corrected chi connectivity index (χ1v) is 6.70. The van der Waals surface area contributed by atoms with Gasteiger partial charge in [0.25, 0.3) is 0 Å². The molecule has 17 heavy (non-hydrogen) atoms. The van der Waals surface area contributed by atoms with Crippen LogP contribution in [0.15, 0.2) is 18.2 Å². The third kappa shape index (κ3) is 5.51. The molecule has 1 atom stereocenters. The van der Waals surface area contributed by atoms with Crippen molar-refractivity contribution in [1.82, 2.24) is 0 Å². The van der Waals surface area contributed by atoms with Gasteiger partial charge < -0.3 is 5.73 Å². The smallest absolute Gasteiger partial charge is 0.124 e. The molecule has 1 aromatic carbocycles. The zero-order valence-electron chi connectivity index (χ0n) is 10.4. The molecule has 0 radical (unpaired) electrons. The summed E-state index contributed by atoms with van der Waals surface area (Å²) in [6.07, 6.45) is 6.64. The molecular weight excluding hydrogens is 237 g/mol. The summed E-state index contributed by atoms with van der Waals surface area (Å²) in [5.74, 6) is -0.296. The molecule has 0 fully saturated rings. The van der Waals surface area contributed by atoms with Gasteiger partial charge in [0.15, 0.2) is 0 Å². The van der Waals surface area contributed by atoms with Crippen LogP contribution in [0, 0.1) is 5.82 Å². The predicted octanol–water partition coefficient (Wildman–Crippen LogP) is 4.32. The second-order valence-corrected chi connectivity index (χ2v) is 4.96. The van der Waals surface area contributed by atoms with E-state index in [1.807, 2.05) is 0 Å². The Kier molecular flexibility index (Phi) is 6.53. The van der Waals surface area contributed by atoms with Gasteiger partial charge in [-0.25, -0.2) is 4.39 Å². The van der Waals surface area contributed by atoms with Crippen molar-refractivity contribution in [2.75, 3.05) is 0 Å². The molecule has 0 bridgehead atoms. The molecule has 2 N–H and O–H groups in total. The number of benzene rings is 1. The highest BCUT2D eigenvalue weighted by Crippen LogP contribution is 2.19. The molecular formula is C14H21ClFN. The maximum atomic E-state index is 12.9. The van der Waals surface area contributed by atoms with Crippen molar-refractivity contribution >= 4 is 11.6 Å². The highest BCUT2D eigenvalue weighted by Gasteiger charge is 2.07. The van der Waals surface area contributed by atoms with Gasteiger partial charge in [-0.2, -0.15) is 0 Å². The van der Waals surface area contributed by atoms with Gasteiger partial charge in [-0.1, -0.05) is 50.3 Å². The van der Waals surface area contributed by atoms with Crippen LogP contribution in [0.25, 0.3) is 0 Å². The monoisotopic (exact) mass is 257 g/mol. The summed E-state index contributed by atoms with van der Waals surface area (Å²) in [6, 6.07) is 4.63. The SMILES string of the molecule is CCCCCCC(N)Cc1ccc(F)cc1Cl. The first-order chi connectivity index (χ1) is 8.13. The van der Waals surface area contributed by atoms with Gasteiger partial charge >= 0.3 is 0 Å². The Labute approximate surface area is 108 Å². The minimum atomic E-state index is -0.296. The minimum absolute atomic E-state index is 0.120. The third-order valence-electron chi connectivity index (χ3n) is 2.93. The van der Waals surface area contributed by atoms with Crippen LogP contribution < -0.4 is 5.73 Å². The summed E-state index contributed by atoms with van der Waals surface area (Å²) in [6.45, 7) is 2.19. The van der Waals surface area contributed by atoms with Crippen LogP contribution in [0.4, 0.5) is 4.39 Å². The van der Waals surface area contributed by atoms with Gasteiger partial charge in [-0.05, 0) is 30.5 Å². The summed E-state index contributed by atoms with van der Waals surface area (Å²) >= 11 is 5.96. The lowest BCUT2D eigenvalue weighted by Gasteiger charge is -2.12. The highest BCUT2D eigenvalue weighted by atomic mass is 35.5. The van der Waals surface area contributed by atoms with E-state index in [9.17, 15) is 4.39 Å². The summed E-state index contributed by atoms with van der Waals surface area (Å²) in [4.78, 5) is 0. The molecule has 0 spiro atoms. The molecule has 96 valence electrons. The topological polar surface area (TPSA) is 26.0 Å². The van der Waals surface area contributed by atoms with E-state index in [2.05, 4.69) is 6.92 Å². The maximum Gasteiger partial charge on any atom is 0.124 e. The first kappa shape index (κ1) is 14.5. The van der Waals surface area contributed by atoms with E-state index in [1.54, 1.807) is 6.07 Å². The summed E-state index contributed by atoms with van der Waals surface area (Å²) in [5, 5.41) is 0.481. The molecule has 0 aliphatic carbocycles. The summed E-state index contributed by atoms with van der Waals surface area (Å²) in [7, 11) is 0. The predicted molar refractivity (Wildman–Crippen MR) is 71.8 cm³/mol. The largest absolute Gasteiger partial charge is 0.327 e. The average Bonchev–Trinajstić information content (AvgIpc) is 2.28. The molecule has 1 rings (SSSR count). The second kappa shape index (κ2) is 7.67. The number of hydrogen-bond acceptors (Lipinski definition) is 1. The molecule has 0 amide bonds. The number of unbranched alkanes of at least 4 members (excludes halogenated alkanes) is 3. The van der Waals surface area contributed by atoms with Crippen molar-refractivity contribution in [1.29, 1.82) is 0 Å². The van der Waals surface area contributed by atoms with Gasteiger partial charge in [-0.15, -0.1) is 0 Å². The van der Waals surface area contributed by atoms with E-state index in [0.717, 1.165) is 24.8 Å². The van der Waals surface area contributed by atoms with Crippen LogP contribution in [0.2, 0.25) is 5.02 Å². The number of nitrogens with two attached hydrogens (primary N) is 1. The molecule has 0 heterocycles. The Morgan fingerprint density at radius 3 is 2.71 bits per heavy atom. The van der Waals surface area contributed by atoms with Crippen molar-refractivity contribution in [3.05, 3.63) is 34.6 Å². The van der Waals surface area contributed by atoms with E-state index in [-0.39, 0.29) is 11.9 Å². The van der Waals surface area contributed by atoms with E-state index in [4.69, 9.17) is 17.3 Å². The van der Waals surface area contributed by atoms with Crippen molar-refractivity contribution in [3.63, 3.8) is 0 Å². The molecule has 0 aliphatic heterocycles. The Morgan fingerprint density at radius 2 is 2.06 bits per heavy atom. The fourth-order valence-corrected chi connectivity index (χ4v) is 2.15. The van der Waals surface area contributed by atoms with E-state index >= 15 is 0 Å². The molecule has 0 saturated heterocycles. The molecule has 1 nitrogen and oxygen atoms in total. The average molecular weight is 258 g/mol. The Morgan fingerprint density at radius 1 is 1.29 bits per heavy atom. The fraction of sp³-hybridized carbons (Fsp3) is 0.571. The summed E-state index contributed by atoms with van der Waals surface area (Å²) < 4.78 is 12.9. The Hall–Kier alpha value is -0.600.